The molecule has 0 aliphatic heterocycles. The van der Waals surface area contributed by atoms with Crippen molar-refractivity contribution in [3.05, 3.63) is 23.5 Å². The van der Waals surface area contributed by atoms with Crippen molar-refractivity contribution in [2.45, 2.75) is 13.5 Å². The number of pyridine rings is 1. The summed E-state index contributed by atoms with van der Waals surface area (Å²) in [5.74, 6) is 0. The fraction of sp³-hybridized carbons (Fsp3) is 0.444. The van der Waals surface area contributed by atoms with E-state index < -0.39 is 0 Å². The van der Waals surface area contributed by atoms with Gasteiger partial charge in [-0.2, -0.15) is 0 Å². The lowest BCUT2D eigenvalue weighted by Crippen LogP contribution is -2.13. The van der Waals surface area contributed by atoms with Crippen LogP contribution >= 0.6 is 0 Å². The minimum atomic E-state index is 0.542. The number of anilines is 1. The van der Waals surface area contributed by atoms with Crippen LogP contribution in [0, 0.1) is 6.92 Å². The third-order valence-corrected chi connectivity index (χ3v) is 1.80. The SMILES string of the molecule is Cc1cc(N(C)C)c(CN)cn1. The van der Waals surface area contributed by atoms with Gasteiger partial charge in [0.15, 0.2) is 0 Å². The smallest absolute Gasteiger partial charge is 0.0440 e. The second-order valence-electron chi connectivity index (χ2n) is 3.05. The molecule has 0 radical (unpaired) electrons. The van der Waals surface area contributed by atoms with E-state index >= 15 is 0 Å². The molecular formula is C9H15N3. The lowest BCUT2D eigenvalue weighted by Gasteiger charge is -2.16. The van der Waals surface area contributed by atoms with Crippen molar-refractivity contribution in [2.75, 3.05) is 19.0 Å². The van der Waals surface area contributed by atoms with Crippen LogP contribution in [0.4, 0.5) is 5.69 Å². The molecule has 1 heterocycles. The molecular weight excluding hydrogens is 150 g/mol. The van der Waals surface area contributed by atoms with Gasteiger partial charge in [0.1, 0.15) is 0 Å². The van der Waals surface area contributed by atoms with Gasteiger partial charge < -0.3 is 10.6 Å². The van der Waals surface area contributed by atoms with Crippen LogP contribution in [0.15, 0.2) is 12.3 Å². The van der Waals surface area contributed by atoms with Crippen LogP contribution in [0.5, 0.6) is 0 Å². The van der Waals surface area contributed by atoms with Gasteiger partial charge in [-0.1, -0.05) is 0 Å². The van der Waals surface area contributed by atoms with Crippen LogP contribution in [0.2, 0.25) is 0 Å². The van der Waals surface area contributed by atoms with Crippen LogP contribution in [0.25, 0.3) is 0 Å². The Balaban J connectivity index is 3.12. The fourth-order valence-corrected chi connectivity index (χ4v) is 1.15. The molecule has 0 saturated heterocycles. The highest BCUT2D eigenvalue weighted by Gasteiger charge is 2.02. The summed E-state index contributed by atoms with van der Waals surface area (Å²) in [6.07, 6.45) is 1.84. The molecule has 0 unspecified atom stereocenters. The number of hydrogen-bond acceptors (Lipinski definition) is 3. The first-order valence-electron chi connectivity index (χ1n) is 3.98. The molecule has 3 heteroatoms. The summed E-state index contributed by atoms with van der Waals surface area (Å²) in [6, 6.07) is 2.04. The largest absolute Gasteiger partial charge is 0.377 e. The Morgan fingerprint density at radius 3 is 2.67 bits per heavy atom. The fourth-order valence-electron chi connectivity index (χ4n) is 1.15. The molecule has 0 fully saturated rings. The minimum absolute atomic E-state index is 0.542. The zero-order valence-corrected chi connectivity index (χ0v) is 7.83. The molecule has 0 bridgehead atoms. The Morgan fingerprint density at radius 1 is 1.50 bits per heavy atom. The van der Waals surface area contributed by atoms with Crippen LogP contribution < -0.4 is 10.6 Å². The lowest BCUT2D eigenvalue weighted by atomic mass is 10.2. The van der Waals surface area contributed by atoms with Crippen LogP contribution in [0.3, 0.4) is 0 Å². The van der Waals surface area contributed by atoms with Gasteiger partial charge >= 0.3 is 0 Å². The maximum Gasteiger partial charge on any atom is 0.0440 e. The summed E-state index contributed by atoms with van der Waals surface area (Å²) in [7, 11) is 4.02. The number of nitrogens with two attached hydrogens (primary N) is 1. The third kappa shape index (κ3) is 1.74. The van der Waals surface area contributed by atoms with Crippen molar-refractivity contribution >= 4 is 5.69 Å². The topological polar surface area (TPSA) is 42.1 Å². The normalized spacial score (nSPS) is 10.0. The maximum absolute atomic E-state index is 5.57. The average molecular weight is 165 g/mol. The minimum Gasteiger partial charge on any atom is -0.377 e. The van der Waals surface area contributed by atoms with Crippen molar-refractivity contribution in [2.24, 2.45) is 5.73 Å². The molecule has 0 aliphatic rings. The van der Waals surface area contributed by atoms with Crippen molar-refractivity contribution in [1.29, 1.82) is 0 Å². The van der Waals surface area contributed by atoms with E-state index in [2.05, 4.69) is 9.88 Å². The first-order valence-corrected chi connectivity index (χ1v) is 3.98. The molecule has 0 atom stereocenters. The molecule has 0 saturated carbocycles. The van der Waals surface area contributed by atoms with Crippen molar-refractivity contribution in [3.63, 3.8) is 0 Å². The summed E-state index contributed by atoms with van der Waals surface area (Å²) >= 11 is 0. The summed E-state index contributed by atoms with van der Waals surface area (Å²) < 4.78 is 0. The third-order valence-electron chi connectivity index (χ3n) is 1.80. The average Bonchev–Trinajstić information content (AvgIpc) is 2.04. The lowest BCUT2D eigenvalue weighted by molar-refractivity contribution is 0.995. The number of aromatic nitrogens is 1. The zero-order valence-electron chi connectivity index (χ0n) is 7.83. The Morgan fingerprint density at radius 2 is 2.17 bits per heavy atom. The van der Waals surface area contributed by atoms with Gasteiger partial charge in [0.05, 0.1) is 0 Å². The number of aryl methyl sites for hydroxylation is 1. The molecule has 12 heavy (non-hydrogen) atoms. The molecule has 3 nitrogen and oxygen atoms in total. The van der Waals surface area contributed by atoms with Crippen LogP contribution in [-0.2, 0) is 6.54 Å². The molecule has 1 aromatic rings. The monoisotopic (exact) mass is 165 g/mol. The van der Waals surface area contributed by atoms with E-state index in [1.807, 2.05) is 33.3 Å². The molecule has 0 amide bonds. The summed E-state index contributed by atoms with van der Waals surface area (Å²) in [5, 5.41) is 0. The van der Waals surface area contributed by atoms with Gasteiger partial charge in [-0.05, 0) is 13.0 Å². The molecule has 0 aromatic carbocycles. The Labute approximate surface area is 73.2 Å². The van der Waals surface area contributed by atoms with E-state index in [1.54, 1.807) is 0 Å². The van der Waals surface area contributed by atoms with Crippen LogP contribution in [-0.4, -0.2) is 19.1 Å². The molecule has 0 spiro atoms. The van der Waals surface area contributed by atoms with Gasteiger partial charge in [-0.25, -0.2) is 0 Å². The first-order chi connectivity index (χ1) is 5.65. The molecule has 0 aliphatic carbocycles. The summed E-state index contributed by atoms with van der Waals surface area (Å²) in [4.78, 5) is 6.24. The van der Waals surface area contributed by atoms with Crippen molar-refractivity contribution in [1.82, 2.24) is 4.98 Å². The van der Waals surface area contributed by atoms with E-state index in [0.717, 1.165) is 16.9 Å². The van der Waals surface area contributed by atoms with Gasteiger partial charge in [0, 0.05) is 43.8 Å². The predicted octanol–water partition coefficient (Wildman–Crippen LogP) is 0.915. The Kier molecular flexibility index (Phi) is 2.65. The molecule has 2 N–H and O–H groups in total. The summed E-state index contributed by atoms with van der Waals surface area (Å²) in [6.45, 7) is 2.52. The number of hydrogen-bond donors (Lipinski definition) is 1. The van der Waals surface area contributed by atoms with E-state index in [1.165, 1.54) is 0 Å². The second kappa shape index (κ2) is 3.54. The highest BCUT2D eigenvalue weighted by atomic mass is 15.1. The van der Waals surface area contributed by atoms with Crippen molar-refractivity contribution in [3.8, 4) is 0 Å². The van der Waals surface area contributed by atoms with Gasteiger partial charge in [-0.15, -0.1) is 0 Å². The maximum atomic E-state index is 5.57. The van der Waals surface area contributed by atoms with E-state index in [4.69, 9.17) is 5.73 Å². The Hall–Kier alpha value is -1.09. The number of nitrogens with zero attached hydrogens (tertiary/aromatic N) is 2. The number of rotatable bonds is 2. The highest BCUT2D eigenvalue weighted by Crippen LogP contribution is 2.17. The van der Waals surface area contributed by atoms with E-state index in [9.17, 15) is 0 Å². The van der Waals surface area contributed by atoms with E-state index in [-0.39, 0.29) is 0 Å². The predicted molar refractivity (Wildman–Crippen MR) is 51.2 cm³/mol. The zero-order chi connectivity index (χ0) is 9.14. The molecule has 1 rings (SSSR count). The molecule has 66 valence electrons. The Bertz CT molecular complexity index is 268. The quantitative estimate of drug-likeness (QED) is 0.708. The van der Waals surface area contributed by atoms with Gasteiger partial charge in [-0.3, -0.25) is 4.98 Å². The van der Waals surface area contributed by atoms with Crippen LogP contribution in [0.1, 0.15) is 11.3 Å². The van der Waals surface area contributed by atoms with Crippen molar-refractivity contribution < 1.29 is 0 Å². The first kappa shape index (κ1) is 9.00. The highest BCUT2D eigenvalue weighted by molar-refractivity contribution is 5.52. The van der Waals surface area contributed by atoms with Gasteiger partial charge in [0.25, 0.3) is 0 Å². The van der Waals surface area contributed by atoms with Gasteiger partial charge in [0.2, 0.25) is 0 Å². The standard InChI is InChI=1S/C9H15N3/c1-7-4-9(12(2)3)8(5-10)6-11-7/h4,6H,5,10H2,1-3H3. The second-order valence-corrected chi connectivity index (χ2v) is 3.05. The molecule has 1 aromatic heterocycles. The summed E-state index contributed by atoms with van der Waals surface area (Å²) in [5.41, 5.74) is 8.84. The van der Waals surface area contributed by atoms with E-state index in [0.29, 0.717) is 6.54 Å².